The Bertz CT molecular complexity index is 1600. The van der Waals surface area contributed by atoms with Crippen LogP contribution in [0.15, 0.2) is 88.9 Å². The Hall–Kier alpha value is -4.24. The van der Waals surface area contributed by atoms with E-state index in [2.05, 4.69) is 47.1 Å². The molecule has 7 nitrogen and oxygen atoms in total. The summed E-state index contributed by atoms with van der Waals surface area (Å²) in [6.07, 6.45) is 1.53. The summed E-state index contributed by atoms with van der Waals surface area (Å²) in [5.74, 6) is -1.16. The molecule has 4 rings (SSSR count). The zero-order chi connectivity index (χ0) is 27.4. The molecule has 0 spiro atoms. The summed E-state index contributed by atoms with van der Waals surface area (Å²) in [4.78, 5) is 12.8. The minimum atomic E-state index is -4.09. The van der Waals surface area contributed by atoms with E-state index in [4.69, 9.17) is 0 Å². The molecule has 1 heterocycles. The maximum atomic E-state index is 13.5. The predicted octanol–water partition coefficient (Wildman–Crippen LogP) is 5.20. The van der Waals surface area contributed by atoms with E-state index in [1.165, 1.54) is 41.6 Å². The zero-order valence-corrected chi connectivity index (χ0v) is 22.5. The molecule has 0 radical (unpaired) electrons. The van der Waals surface area contributed by atoms with Crippen LogP contribution in [0.1, 0.15) is 28.1 Å². The van der Waals surface area contributed by atoms with E-state index in [0.717, 1.165) is 39.1 Å². The topological polar surface area (TPSA) is 83.8 Å². The summed E-state index contributed by atoms with van der Waals surface area (Å²) in [5.41, 5.74) is 8.78. The van der Waals surface area contributed by atoms with Crippen LogP contribution in [0.25, 0.3) is 5.69 Å². The van der Waals surface area contributed by atoms with Crippen LogP contribution in [0, 0.1) is 33.5 Å². The van der Waals surface area contributed by atoms with Gasteiger partial charge in [0.1, 0.15) is 12.4 Å². The summed E-state index contributed by atoms with van der Waals surface area (Å²) >= 11 is 0. The quantitative estimate of drug-likeness (QED) is 0.250. The molecule has 0 bridgehead atoms. The van der Waals surface area contributed by atoms with Crippen molar-refractivity contribution in [2.24, 2.45) is 5.10 Å². The van der Waals surface area contributed by atoms with E-state index >= 15 is 0 Å². The van der Waals surface area contributed by atoms with Gasteiger partial charge in [0, 0.05) is 22.6 Å². The van der Waals surface area contributed by atoms with E-state index in [1.54, 1.807) is 18.2 Å². The number of amides is 1. The number of aryl methyl sites for hydroxylation is 3. The molecule has 1 aromatic heterocycles. The zero-order valence-electron chi connectivity index (χ0n) is 21.6. The molecule has 1 amide bonds. The van der Waals surface area contributed by atoms with Crippen LogP contribution in [0.5, 0.6) is 0 Å². The third-order valence-electron chi connectivity index (χ3n) is 6.34. The van der Waals surface area contributed by atoms with Crippen LogP contribution in [0.3, 0.4) is 0 Å². The van der Waals surface area contributed by atoms with Gasteiger partial charge in [-0.2, -0.15) is 5.10 Å². The number of nitrogens with zero attached hydrogens (tertiary/aromatic N) is 3. The SMILES string of the molecule is Cc1ccc(-n2c(C)cc(/C=N\NC(=O)CN(c3ccc(F)cc3)S(=O)(=O)c3ccccc3)c2C)cc1C. The van der Waals surface area contributed by atoms with E-state index in [0.29, 0.717) is 0 Å². The van der Waals surface area contributed by atoms with E-state index < -0.39 is 28.3 Å². The van der Waals surface area contributed by atoms with Gasteiger partial charge in [0.15, 0.2) is 0 Å². The van der Waals surface area contributed by atoms with Crippen LogP contribution < -0.4 is 9.73 Å². The van der Waals surface area contributed by atoms with Gasteiger partial charge < -0.3 is 4.57 Å². The Morgan fingerprint density at radius 1 is 0.947 bits per heavy atom. The number of carbonyl (C=O) groups excluding carboxylic acids is 1. The second-order valence-corrected chi connectivity index (χ2v) is 10.9. The lowest BCUT2D eigenvalue weighted by atomic mass is 10.1. The van der Waals surface area contributed by atoms with Crippen molar-refractivity contribution < 1.29 is 17.6 Å². The van der Waals surface area contributed by atoms with Crippen molar-refractivity contribution in [1.29, 1.82) is 0 Å². The molecule has 38 heavy (non-hydrogen) atoms. The van der Waals surface area contributed by atoms with Gasteiger partial charge in [-0.05, 0) is 93.4 Å². The molecule has 196 valence electrons. The molecule has 0 fully saturated rings. The van der Waals surface area contributed by atoms with Gasteiger partial charge in [0.2, 0.25) is 0 Å². The minimum Gasteiger partial charge on any atom is -0.318 e. The molecule has 0 aliphatic heterocycles. The first-order chi connectivity index (χ1) is 18.1. The largest absolute Gasteiger partial charge is 0.318 e. The summed E-state index contributed by atoms with van der Waals surface area (Å²) < 4.78 is 43.2. The van der Waals surface area contributed by atoms with E-state index in [-0.39, 0.29) is 10.6 Å². The van der Waals surface area contributed by atoms with Gasteiger partial charge >= 0.3 is 0 Å². The second-order valence-electron chi connectivity index (χ2n) is 9.02. The molecule has 0 aliphatic carbocycles. The van der Waals surface area contributed by atoms with Crippen LogP contribution in [-0.2, 0) is 14.8 Å². The lowest BCUT2D eigenvalue weighted by Gasteiger charge is -2.23. The van der Waals surface area contributed by atoms with Gasteiger partial charge in [0.05, 0.1) is 16.8 Å². The van der Waals surface area contributed by atoms with Crippen LogP contribution in [0.4, 0.5) is 10.1 Å². The number of hydrogen-bond donors (Lipinski definition) is 1. The predicted molar refractivity (Wildman–Crippen MR) is 148 cm³/mol. The Morgan fingerprint density at radius 2 is 1.63 bits per heavy atom. The monoisotopic (exact) mass is 532 g/mol. The van der Waals surface area contributed by atoms with Crippen molar-refractivity contribution >= 4 is 27.8 Å². The van der Waals surface area contributed by atoms with Crippen molar-refractivity contribution in [1.82, 2.24) is 9.99 Å². The fourth-order valence-electron chi connectivity index (χ4n) is 4.16. The number of hydrazone groups is 1. The summed E-state index contributed by atoms with van der Waals surface area (Å²) in [6.45, 7) is 7.55. The summed E-state index contributed by atoms with van der Waals surface area (Å²) in [7, 11) is -4.09. The van der Waals surface area contributed by atoms with Crippen molar-refractivity contribution in [2.45, 2.75) is 32.6 Å². The Labute approximate surface area is 222 Å². The summed E-state index contributed by atoms with van der Waals surface area (Å²) in [5, 5.41) is 4.08. The fraction of sp³-hybridized carbons (Fsp3) is 0.172. The molecule has 0 saturated carbocycles. The number of hydrogen-bond acceptors (Lipinski definition) is 4. The number of halogens is 1. The average Bonchev–Trinajstić information content (AvgIpc) is 3.18. The number of anilines is 1. The van der Waals surface area contributed by atoms with Crippen molar-refractivity contribution in [3.8, 4) is 5.69 Å². The lowest BCUT2D eigenvalue weighted by Crippen LogP contribution is -2.39. The highest BCUT2D eigenvalue weighted by Gasteiger charge is 2.27. The van der Waals surface area contributed by atoms with E-state index in [9.17, 15) is 17.6 Å². The van der Waals surface area contributed by atoms with Gasteiger partial charge in [-0.15, -0.1) is 0 Å². The molecule has 4 aromatic rings. The number of rotatable bonds is 8. The highest BCUT2D eigenvalue weighted by atomic mass is 32.2. The number of nitrogens with one attached hydrogen (secondary N) is 1. The molecule has 0 atom stereocenters. The Morgan fingerprint density at radius 3 is 2.29 bits per heavy atom. The lowest BCUT2D eigenvalue weighted by molar-refractivity contribution is -0.119. The minimum absolute atomic E-state index is 0.0133. The first-order valence-corrected chi connectivity index (χ1v) is 13.4. The first kappa shape index (κ1) is 26.8. The van der Waals surface area contributed by atoms with Gasteiger partial charge in [-0.25, -0.2) is 18.2 Å². The average molecular weight is 533 g/mol. The van der Waals surface area contributed by atoms with Crippen molar-refractivity contribution in [3.63, 3.8) is 0 Å². The van der Waals surface area contributed by atoms with Gasteiger partial charge in [-0.1, -0.05) is 24.3 Å². The maximum absolute atomic E-state index is 13.5. The molecule has 0 saturated heterocycles. The third kappa shape index (κ3) is 5.68. The highest BCUT2D eigenvalue weighted by molar-refractivity contribution is 7.92. The number of sulfonamides is 1. The number of aromatic nitrogens is 1. The van der Waals surface area contributed by atoms with Crippen LogP contribution in [-0.4, -0.2) is 31.7 Å². The van der Waals surface area contributed by atoms with Crippen molar-refractivity contribution in [3.05, 3.63) is 113 Å². The smallest absolute Gasteiger partial charge is 0.264 e. The molecule has 0 unspecified atom stereocenters. The molecule has 3 aromatic carbocycles. The van der Waals surface area contributed by atoms with Gasteiger partial charge in [0.25, 0.3) is 15.9 Å². The third-order valence-corrected chi connectivity index (χ3v) is 8.13. The number of benzene rings is 3. The second kappa shape index (κ2) is 11.0. The Balaban J connectivity index is 1.54. The molecule has 0 aliphatic rings. The molecular weight excluding hydrogens is 503 g/mol. The molecule has 1 N–H and O–H groups in total. The fourth-order valence-corrected chi connectivity index (χ4v) is 5.60. The standard InChI is InChI=1S/C29H29FN4O3S/c1-20-10-13-27(16-21(20)2)34-22(3)17-24(23(34)4)18-31-32-29(35)19-33(26-14-11-25(30)12-15-26)38(36,37)28-8-6-5-7-9-28/h5-18H,19H2,1-4H3,(H,32,35)/b31-18-. The van der Waals surface area contributed by atoms with Crippen LogP contribution >= 0.6 is 0 Å². The van der Waals surface area contributed by atoms with Crippen LogP contribution in [0.2, 0.25) is 0 Å². The first-order valence-electron chi connectivity index (χ1n) is 12.0. The Kier molecular flexibility index (Phi) is 7.78. The molecular formula is C29H29FN4O3S. The van der Waals surface area contributed by atoms with Crippen molar-refractivity contribution in [2.75, 3.05) is 10.8 Å². The van der Waals surface area contributed by atoms with Gasteiger partial charge in [-0.3, -0.25) is 9.10 Å². The molecule has 9 heteroatoms. The summed E-state index contributed by atoms with van der Waals surface area (Å²) in [6, 6.07) is 20.9. The number of carbonyl (C=O) groups is 1. The highest BCUT2D eigenvalue weighted by Crippen LogP contribution is 2.24. The maximum Gasteiger partial charge on any atom is 0.264 e. The van der Waals surface area contributed by atoms with E-state index in [1.807, 2.05) is 19.9 Å². The normalized spacial score (nSPS) is 11.6.